The lowest BCUT2D eigenvalue weighted by molar-refractivity contribution is -0.166. The van der Waals surface area contributed by atoms with Crippen LogP contribution in [0.3, 0.4) is 0 Å². The summed E-state index contributed by atoms with van der Waals surface area (Å²) in [5, 5.41) is 19.2. The van der Waals surface area contributed by atoms with E-state index in [9.17, 15) is 29.4 Å². The lowest BCUT2D eigenvalue weighted by Gasteiger charge is -2.60. The van der Waals surface area contributed by atoms with Gasteiger partial charge in [-0.1, -0.05) is 12.2 Å². The van der Waals surface area contributed by atoms with Crippen LogP contribution >= 0.6 is 0 Å². The van der Waals surface area contributed by atoms with E-state index in [2.05, 4.69) is 0 Å². The zero-order valence-electron chi connectivity index (χ0n) is 17.8. The largest absolute Gasteiger partial charge is 0.508 e. The Morgan fingerprint density at radius 2 is 0.824 bits per heavy atom. The molecule has 4 aliphatic carbocycles. The van der Waals surface area contributed by atoms with E-state index in [-0.39, 0.29) is 58.8 Å². The van der Waals surface area contributed by atoms with Gasteiger partial charge in [-0.3, -0.25) is 29.0 Å². The Bertz CT molecular complexity index is 1260. The summed E-state index contributed by atoms with van der Waals surface area (Å²) in [5.74, 6) is -4.01. The maximum absolute atomic E-state index is 13.5. The lowest BCUT2D eigenvalue weighted by atomic mass is 9.40. The molecule has 0 unspecified atom stereocenters. The molecule has 0 spiro atoms. The number of anilines is 2. The number of nitrogens with zero attached hydrogens (tertiary/aromatic N) is 2. The van der Waals surface area contributed by atoms with Gasteiger partial charge < -0.3 is 10.2 Å². The first-order valence-electron chi connectivity index (χ1n) is 11.4. The number of rotatable bonds is 2. The van der Waals surface area contributed by atoms with Gasteiger partial charge in [0.05, 0.1) is 35.0 Å². The minimum Gasteiger partial charge on any atom is -0.508 e. The van der Waals surface area contributed by atoms with Crippen molar-refractivity contribution in [2.75, 3.05) is 9.80 Å². The summed E-state index contributed by atoms with van der Waals surface area (Å²) in [5.41, 5.74) is 0.838. The van der Waals surface area contributed by atoms with E-state index in [0.717, 1.165) is 0 Å². The van der Waals surface area contributed by atoms with Crippen molar-refractivity contribution in [1.82, 2.24) is 0 Å². The summed E-state index contributed by atoms with van der Waals surface area (Å²) in [6.07, 6.45) is 3.94. The summed E-state index contributed by atoms with van der Waals surface area (Å²) >= 11 is 0. The fraction of sp³-hybridized carbons (Fsp3) is 0.308. The number of allylic oxidation sites excluding steroid dienone is 2. The number of carbonyl (C=O) groups excluding carboxylic acids is 4. The van der Waals surface area contributed by atoms with Crippen LogP contribution in [0, 0.1) is 47.3 Å². The third-order valence-electron chi connectivity index (χ3n) is 8.56. The van der Waals surface area contributed by atoms with Gasteiger partial charge in [-0.05, 0) is 72.2 Å². The molecule has 2 heterocycles. The molecule has 0 aromatic heterocycles. The second-order valence-corrected chi connectivity index (χ2v) is 9.85. The molecule has 0 radical (unpaired) electrons. The van der Waals surface area contributed by atoms with Crippen LogP contribution in [0.25, 0.3) is 0 Å². The SMILES string of the molecule is O=C1[C@@H]2[C@H]3C=C[C@@H]([C@@H]2C(=O)N1c1ccc(O)cc1)[C@@H]1[C@@H]2C(=O)N(c4ccc(O)cc4)C(=O)[C@@H]2[C@H]31. The van der Waals surface area contributed by atoms with Gasteiger partial charge in [-0.2, -0.15) is 0 Å². The average Bonchev–Trinajstić information content (AvgIpc) is 3.19. The number of carbonyl (C=O) groups is 4. The Morgan fingerprint density at radius 1 is 0.500 bits per heavy atom. The van der Waals surface area contributed by atoms with Crippen molar-refractivity contribution in [3.63, 3.8) is 0 Å². The van der Waals surface area contributed by atoms with Gasteiger partial charge in [0, 0.05) is 0 Å². The van der Waals surface area contributed by atoms with E-state index in [4.69, 9.17) is 0 Å². The zero-order valence-corrected chi connectivity index (χ0v) is 17.8. The molecule has 8 rings (SSSR count). The normalized spacial score (nSPS) is 37.1. The van der Waals surface area contributed by atoms with E-state index >= 15 is 0 Å². The lowest BCUT2D eigenvalue weighted by Crippen LogP contribution is -2.63. The molecule has 4 amide bonds. The monoisotopic (exact) mass is 456 g/mol. The molecule has 2 aromatic carbocycles. The number of imide groups is 2. The Kier molecular flexibility index (Phi) is 3.64. The van der Waals surface area contributed by atoms with Gasteiger partial charge in [0.25, 0.3) is 0 Å². The Labute approximate surface area is 194 Å². The second kappa shape index (κ2) is 6.34. The fourth-order valence-corrected chi connectivity index (χ4v) is 7.31. The van der Waals surface area contributed by atoms with Crippen LogP contribution in [0.4, 0.5) is 11.4 Å². The smallest absolute Gasteiger partial charge is 0.238 e. The quantitative estimate of drug-likeness (QED) is 0.528. The van der Waals surface area contributed by atoms with Gasteiger partial charge >= 0.3 is 0 Å². The van der Waals surface area contributed by atoms with Crippen molar-refractivity contribution < 1.29 is 29.4 Å². The van der Waals surface area contributed by atoms with Crippen molar-refractivity contribution in [3.05, 3.63) is 60.7 Å². The predicted octanol–water partition coefficient (Wildman–Crippen LogP) is 2.07. The van der Waals surface area contributed by atoms with Crippen LogP contribution in [0.2, 0.25) is 0 Å². The molecule has 8 nitrogen and oxygen atoms in total. The zero-order chi connectivity index (χ0) is 23.5. The maximum atomic E-state index is 13.5. The highest BCUT2D eigenvalue weighted by molar-refractivity contribution is 6.25. The summed E-state index contributed by atoms with van der Waals surface area (Å²) in [7, 11) is 0. The van der Waals surface area contributed by atoms with Gasteiger partial charge in [0.1, 0.15) is 11.5 Å². The van der Waals surface area contributed by atoms with Crippen LogP contribution in [0.1, 0.15) is 0 Å². The van der Waals surface area contributed by atoms with E-state index in [1.807, 2.05) is 12.2 Å². The molecule has 2 saturated carbocycles. The highest BCUT2D eigenvalue weighted by Crippen LogP contribution is 2.68. The van der Waals surface area contributed by atoms with Crippen LogP contribution < -0.4 is 9.80 Å². The molecular formula is C26H20N2O6. The van der Waals surface area contributed by atoms with E-state index in [1.165, 1.54) is 34.1 Å². The molecular weight excluding hydrogens is 436 g/mol. The summed E-state index contributed by atoms with van der Waals surface area (Å²) in [4.78, 5) is 56.1. The Balaban J connectivity index is 1.25. The minimum atomic E-state index is -0.552. The molecule has 6 aliphatic rings. The number of benzene rings is 2. The van der Waals surface area contributed by atoms with Crippen LogP contribution in [0.5, 0.6) is 11.5 Å². The molecule has 170 valence electrons. The Morgan fingerprint density at radius 3 is 1.18 bits per heavy atom. The molecule has 2 saturated heterocycles. The number of phenols is 2. The third-order valence-corrected chi connectivity index (χ3v) is 8.56. The van der Waals surface area contributed by atoms with Crippen molar-refractivity contribution in [3.8, 4) is 11.5 Å². The van der Waals surface area contributed by atoms with Crippen LogP contribution in [-0.2, 0) is 19.2 Å². The standard InChI is InChI=1S/C26H20N2O6/c29-13-5-1-11(2-6-13)27-23(31)19-15-9-10-16(20(19)24(27)32)18-17(15)21-22(18)26(34)28(25(21)33)12-3-7-14(30)8-4-12/h1-10,15-22,29-30H/t15-,16+,17+,18-,19+,20-,21+,22-. The van der Waals surface area contributed by atoms with E-state index in [0.29, 0.717) is 11.4 Å². The topological polar surface area (TPSA) is 115 Å². The third kappa shape index (κ3) is 2.18. The molecule has 8 heteroatoms. The first-order chi connectivity index (χ1) is 16.4. The van der Waals surface area contributed by atoms with Crippen molar-refractivity contribution >= 4 is 35.0 Å². The number of phenolic OH excluding ortho intramolecular Hbond substituents is 2. The highest BCUT2D eigenvalue weighted by atomic mass is 16.3. The highest BCUT2D eigenvalue weighted by Gasteiger charge is 2.75. The summed E-state index contributed by atoms with van der Waals surface area (Å²) in [6.45, 7) is 0. The second-order valence-electron chi connectivity index (χ2n) is 9.85. The van der Waals surface area contributed by atoms with E-state index < -0.39 is 23.7 Å². The van der Waals surface area contributed by atoms with Gasteiger partial charge in [-0.15, -0.1) is 0 Å². The van der Waals surface area contributed by atoms with Crippen molar-refractivity contribution in [1.29, 1.82) is 0 Å². The number of hydrogen-bond donors (Lipinski definition) is 2. The molecule has 34 heavy (non-hydrogen) atoms. The predicted molar refractivity (Wildman–Crippen MR) is 118 cm³/mol. The number of hydrogen-bond acceptors (Lipinski definition) is 6. The summed E-state index contributed by atoms with van der Waals surface area (Å²) < 4.78 is 0. The van der Waals surface area contributed by atoms with Crippen molar-refractivity contribution in [2.24, 2.45) is 47.3 Å². The average molecular weight is 456 g/mol. The van der Waals surface area contributed by atoms with Gasteiger partial charge in [0.15, 0.2) is 0 Å². The molecule has 4 fully saturated rings. The first-order valence-corrected chi connectivity index (χ1v) is 11.4. The first kappa shape index (κ1) is 19.5. The number of aromatic hydroxyl groups is 2. The van der Waals surface area contributed by atoms with Crippen LogP contribution in [0.15, 0.2) is 60.7 Å². The molecule has 2 aliphatic heterocycles. The van der Waals surface area contributed by atoms with Gasteiger partial charge in [-0.25, -0.2) is 0 Å². The number of fused-ring (bicyclic) bond motifs is 1. The van der Waals surface area contributed by atoms with Crippen LogP contribution in [-0.4, -0.2) is 33.8 Å². The molecule has 2 aromatic rings. The molecule has 2 N–H and O–H groups in total. The molecule has 8 atom stereocenters. The maximum Gasteiger partial charge on any atom is 0.238 e. The van der Waals surface area contributed by atoms with Crippen molar-refractivity contribution in [2.45, 2.75) is 0 Å². The summed E-state index contributed by atoms with van der Waals surface area (Å²) in [6, 6.07) is 11.9. The van der Waals surface area contributed by atoms with E-state index in [1.54, 1.807) is 24.3 Å². The number of amides is 4. The Hall–Kier alpha value is -3.94. The fourth-order valence-electron chi connectivity index (χ4n) is 7.31. The molecule has 2 bridgehead atoms. The van der Waals surface area contributed by atoms with Gasteiger partial charge in [0.2, 0.25) is 23.6 Å². The minimum absolute atomic E-state index is 0.0445.